The van der Waals surface area contributed by atoms with Crippen LogP contribution in [0.25, 0.3) is 0 Å². The number of hydrogen-bond acceptors (Lipinski definition) is 4. The van der Waals surface area contributed by atoms with Crippen LogP contribution in [0.4, 0.5) is 4.39 Å². The zero-order valence-corrected chi connectivity index (χ0v) is 17.3. The summed E-state index contributed by atoms with van der Waals surface area (Å²) < 4.78 is 13.9. The Morgan fingerprint density at radius 2 is 1.93 bits per heavy atom. The van der Waals surface area contributed by atoms with Crippen molar-refractivity contribution < 1.29 is 18.8 Å². The highest BCUT2D eigenvalue weighted by molar-refractivity contribution is 7.12. The first-order chi connectivity index (χ1) is 14.5. The number of hydrogen-bond donors (Lipinski definition) is 2. The van der Waals surface area contributed by atoms with Crippen molar-refractivity contribution in [3.8, 4) is 0 Å². The first-order valence-corrected chi connectivity index (χ1v) is 10.7. The molecule has 2 N–H and O–H groups in total. The van der Waals surface area contributed by atoms with Crippen LogP contribution in [-0.4, -0.2) is 48.3 Å². The minimum absolute atomic E-state index is 0.0437. The van der Waals surface area contributed by atoms with Crippen LogP contribution in [0.15, 0.2) is 54.4 Å². The normalized spacial score (nSPS) is 15.3. The van der Waals surface area contributed by atoms with Gasteiger partial charge in [-0.15, -0.1) is 17.9 Å². The number of carbonyl (C=O) groups is 3. The van der Waals surface area contributed by atoms with Gasteiger partial charge in [0, 0.05) is 19.6 Å². The molecule has 1 fully saturated rings. The van der Waals surface area contributed by atoms with Crippen LogP contribution < -0.4 is 10.6 Å². The fourth-order valence-electron chi connectivity index (χ4n) is 3.54. The predicted octanol–water partition coefficient (Wildman–Crippen LogP) is 2.84. The molecular weight excluding hydrogens is 405 g/mol. The molecule has 1 aliphatic heterocycles. The van der Waals surface area contributed by atoms with Gasteiger partial charge in [-0.2, -0.15) is 0 Å². The zero-order chi connectivity index (χ0) is 21.5. The van der Waals surface area contributed by atoms with Gasteiger partial charge < -0.3 is 15.5 Å². The van der Waals surface area contributed by atoms with Gasteiger partial charge in [0.15, 0.2) is 0 Å². The van der Waals surface area contributed by atoms with Crippen LogP contribution in [0, 0.1) is 11.7 Å². The van der Waals surface area contributed by atoms with Crippen molar-refractivity contribution in [2.24, 2.45) is 5.92 Å². The average Bonchev–Trinajstić information content (AvgIpc) is 3.31. The lowest BCUT2D eigenvalue weighted by Crippen LogP contribution is -2.53. The third-order valence-corrected chi connectivity index (χ3v) is 6.01. The highest BCUT2D eigenvalue weighted by atomic mass is 32.1. The van der Waals surface area contributed by atoms with Gasteiger partial charge in [0.05, 0.1) is 10.4 Å². The standard InChI is InChI=1S/C22H24FN3O3S/c1-2-11-24-21(28)19(25-20(27)18-8-5-14-30-18)15-9-12-26(13-10-15)22(29)16-6-3-4-7-17(16)23/h2-8,14-15,19H,1,9-13H2,(H,24,28)(H,25,27)/t19-/m1/s1. The number of carbonyl (C=O) groups excluding carboxylic acids is 3. The summed E-state index contributed by atoms with van der Waals surface area (Å²) in [4.78, 5) is 40.0. The Kier molecular flexibility index (Phi) is 7.35. The van der Waals surface area contributed by atoms with E-state index in [0.29, 0.717) is 37.4 Å². The van der Waals surface area contributed by atoms with Crippen LogP contribution in [0.2, 0.25) is 0 Å². The number of amides is 3. The van der Waals surface area contributed by atoms with E-state index in [4.69, 9.17) is 0 Å². The topological polar surface area (TPSA) is 78.5 Å². The molecule has 0 radical (unpaired) electrons. The average molecular weight is 430 g/mol. The van der Waals surface area contributed by atoms with Crippen LogP contribution >= 0.6 is 11.3 Å². The van der Waals surface area contributed by atoms with Crippen molar-refractivity contribution in [1.29, 1.82) is 0 Å². The Morgan fingerprint density at radius 3 is 2.57 bits per heavy atom. The highest BCUT2D eigenvalue weighted by Crippen LogP contribution is 2.24. The van der Waals surface area contributed by atoms with E-state index >= 15 is 0 Å². The molecule has 1 aromatic carbocycles. The predicted molar refractivity (Wildman–Crippen MR) is 114 cm³/mol. The van der Waals surface area contributed by atoms with E-state index in [9.17, 15) is 18.8 Å². The maximum atomic E-state index is 13.9. The van der Waals surface area contributed by atoms with Crippen molar-refractivity contribution >= 4 is 29.1 Å². The van der Waals surface area contributed by atoms with Gasteiger partial charge in [-0.25, -0.2) is 4.39 Å². The molecule has 0 bridgehead atoms. The Morgan fingerprint density at radius 1 is 1.20 bits per heavy atom. The van der Waals surface area contributed by atoms with E-state index < -0.39 is 11.9 Å². The summed E-state index contributed by atoms with van der Waals surface area (Å²) in [7, 11) is 0. The van der Waals surface area contributed by atoms with Crippen molar-refractivity contribution in [3.63, 3.8) is 0 Å². The van der Waals surface area contributed by atoms with Gasteiger partial charge in [0.25, 0.3) is 11.8 Å². The summed E-state index contributed by atoms with van der Waals surface area (Å²) in [5, 5.41) is 7.39. The summed E-state index contributed by atoms with van der Waals surface area (Å²) in [6.45, 7) is 4.67. The van der Waals surface area contributed by atoms with Crippen LogP contribution in [-0.2, 0) is 4.79 Å². The monoisotopic (exact) mass is 429 g/mol. The first kappa shape index (κ1) is 21.7. The van der Waals surface area contributed by atoms with Gasteiger partial charge in [0.1, 0.15) is 11.9 Å². The van der Waals surface area contributed by atoms with E-state index in [-0.39, 0.29) is 29.2 Å². The smallest absolute Gasteiger partial charge is 0.262 e. The Bertz CT molecular complexity index is 908. The maximum absolute atomic E-state index is 13.9. The molecule has 1 atom stereocenters. The lowest BCUT2D eigenvalue weighted by atomic mass is 9.88. The van der Waals surface area contributed by atoms with Gasteiger partial charge >= 0.3 is 0 Å². The largest absolute Gasteiger partial charge is 0.351 e. The molecule has 0 aliphatic carbocycles. The summed E-state index contributed by atoms with van der Waals surface area (Å²) in [5.41, 5.74) is 0.0437. The molecular formula is C22H24FN3O3S. The minimum atomic E-state index is -0.717. The molecule has 8 heteroatoms. The number of piperidine rings is 1. The molecule has 3 rings (SSSR count). The van der Waals surface area contributed by atoms with Crippen molar-refractivity contribution in [1.82, 2.24) is 15.5 Å². The highest BCUT2D eigenvalue weighted by Gasteiger charge is 2.34. The number of likely N-dealkylation sites (tertiary alicyclic amines) is 1. The zero-order valence-electron chi connectivity index (χ0n) is 16.5. The van der Waals surface area contributed by atoms with Gasteiger partial charge in [-0.1, -0.05) is 24.3 Å². The molecule has 2 heterocycles. The molecule has 2 aromatic rings. The second-order valence-corrected chi connectivity index (χ2v) is 8.02. The molecule has 1 saturated heterocycles. The van der Waals surface area contributed by atoms with Crippen LogP contribution in [0.5, 0.6) is 0 Å². The summed E-state index contributed by atoms with van der Waals surface area (Å²) in [5.74, 6) is -1.62. The van der Waals surface area contributed by atoms with Crippen LogP contribution in [0.3, 0.4) is 0 Å². The van der Waals surface area contributed by atoms with Crippen LogP contribution in [0.1, 0.15) is 32.9 Å². The molecule has 1 aliphatic rings. The van der Waals surface area contributed by atoms with Crippen molar-refractivity contribution in [2.45, 2.75) is 18.9 Å². The molecule has 30 heavy (non-hydrogen) atoms. The molecule has 0 unspecified atom stereocenters. The van der Waals surface area contributed by atoms with Gasteiger partial charge in [-0.05, 0) is 42.3 Å². The molecule has 0 spiro atoms. The molecule has 158 valence electrons. The number of nitrogens with zero attached hydrogens (tertiary/aromatic N) is 1. The number of nitrogens with one attached hydrogen (secondary N) is 2. The first-order valence-electron chi connectivity index (χ1n) is 9.78. The van der Waals surface area contributed by atoms with E-state index in [2.05, 4.69) is 17.2 Å². The molecule has 6 nitrogen and oxygen atoms in total. The number of halogens is 1. The van der Waals surface area contributed by atoms with Gasteiger partial charge in [-0.3, -0.25) is 14.4 Å². The fraction of sp³-hybridized carbons (Fsp3) is 0.318. The van der Waals surface area contributed by atoms with E-state index in [0.717, 1.165) is 0 Å². The number of rotatable bonds is 7. The van der Waals surface area contributed by atoms with E-state index in [1.54, 1.807) is 40.6 Å². The summed E-state index contributed by atoms with van der Waals surface area (Å²) >= 11 is 1.30. The lowest BCUT2D eigenvalue weighted by molar-refractivity contribution is -0.124. The Hall–Kier alpha value is -3.00. The summed E-state index contributed by atoms with van der Waals surface area (Å²) in [6.07, 6.45) is 2.62. The molecule has 0 saturated carbocycles. The molecule has 3 amide bonds. The SMILES string of the molecule is C=CCNC(=O)[C@H](NC(=O)c1cccs1)C1CCN(C(=O)c2ccccc2F)CC1. The van der Waals surface area contributed by atoms with E-state index in [1.165, 1.54) is 23.5 Å². The third kappa shape index (κ3) is 5.13. The van der Waals surface area contributed by atoms with Crippen molar-refractivity contribution in [2.75, 3.05) is 19.6 Å². The number of benzene rings is 1. The lowest BCUT2D eigenvalue weighted by Gasteiger charge is -2.35. The third-order valence-electron chi connectivity index (χ3n) is 5.14. The Balaban J connectivity index is 1.67. The fourth-order valence-corrected chi connectivity index (χ4v) is 4.17. The Labute approximate surface area is 178 Å². The minimum Gasteiger partial charge on any atom is -0.351 e. The van der Waals surface area contributed by atoms with Gasteiger partial charge in [0.2, 0.25) is 5.91 Å². The number of thiophene rings is 1. The summed E-state index contributed by atoms with van der Waals surface area (Å²) in [6, 6.07) is 8.67. The second kappa shape index (κ2) is 10.2. The quantitative estimate of drug-likeness (QED) is 0.665. The maximum Gasteiger partial charge on any atom is 0.262 e. The van der Waals surface area contributed by atoms with E-state index in [1.807, 2.05) is 0 Å². The molecule has 1 aromatic heterocycles. The second-order valence-electron chi connectivity index (χ2n) is 7.07. The van der Waals surface area contributed by atoms with Crippen molar-refractivity contribution in [3.05, 3.63) is 70.7 Å².